The van der Waals surface area contributed by atoms with Crippen LogP contribution in [0.1, 0.15) is 5.82 Å². The zero-order valence-electron chi connectivity index (χ0n) is 11.3. The van der Waals surface area contributed by atoms with E-state index >= 15 is 0 Å². The highest BCUT2D eigenvalue weighted by molar-refractivity contribution is 5.68. The quantitative estimate of drug-likeness (QED) is 0.631. The van der Waals surface area contributed by atoms with Crippen molar-refractivity contribution in [3.63, 3.8) is 0 Å². The summed E-state index contributed by atoms with van der Waals surface area (Å²) in [5, 5.41) is 18.9. The molecule has 0 aliphatic carbocycles. The van der Waals surface area contributed by atoms with Crippen LogP contribution in [0.25, 0.3) is 11.4 Å². The number of nitrogens with zero attached hydrogens (tertiary/aromatic N) is 4. The zero-order chi connectivity index (χ0) is 15.4. The van der Waals surface area contributed by atoms with Crippen LogP contribution >= 0.6 is 0 Å². The lowest BCUT2D eigenvalue weighted by atomic mass is 10.1. The summed E-state index contributed by atoms with van der Waals surface area (Å²) in [5.74, 6) is 0.0485. The number of benzene rings is 1. The van der Waals surface area contributed by atoms with Gasteiger partial charge in [0.2, 0.25) is 0 Å². The Bertz CT molecular complexity index is 658. The van der Waals surface area contributed by atoms with Crippen molar-refractivity contribution in [2.24, 2.45) is 5.73 Å². The van der Waals surface area contributed by atoms with Gasteiger partial charge in [-0.1, -0.05) is 0 Å². The third kappa shape index (κ3) is 3.03. The van der Waals surface area contributed by atoms with Crippen LogP contribution in [0, 0.1) is 15.9 Å². The maximum atomic E-state index is 13.2. The predicted molar refractivity (Wildman–Crippen MR) is 71.8 cm³/mol. The second-order valence-corrected chi connectivity index (χ2v) is 4.21. The van der Waals surface area contributed by atoms with E-state index in [2.05, 4.69) is 10.2 Å². The van der Waals surface area contributed by atoms with E-state index in [0.717, 1.165) is 12.1 Å². The molecule has 0 atom stereocenters. The average molecular weight is 295 g/mol. The van der Waals surface area contributed by atoms with E-state index in [-0.39, 0.29) is 23.6 Å². The monoisotopic (exact) mass is 295 g/mol. The molecule has 1 aromatic carbocycles. The first-order valence-electron chi connectivity index (χ1n) is 6.14. The standard InChI is InChI=1S/C12H14FN5O3/c1-21-5-4-17-11(7-14)15-16-12(17)9-3-2-8(13)6-10(9)18(19)20/h2-3,6H,4-5,7,14H2,1H3. The molecule has 0 spiro atoms. The highest BCUT2D eigenvalue weighted by atomic mass is 19.1. The van der Waals surface area contributed by atoms with Crippen molar-refractivity contribution < 1.29 is 14.1 Å². The van der Waals surface area contributed by atoms with Crippen LogP contribution in [-0.4, -0.2) is 33.4 Å². The van der Waals surface area contributed by atoms with Crippen LogP contribution in [0.2, 0.25) is 0 Å². The van der Waals surface area contributed by atoms with Crippen LogP contribution in [-0.2, 0) is 17.8 Å². The fraction of sp³-hybridized carbons (Fsp3) is 0.333. The lowest BCUT2D eigenvalue weighted by molar-refractivity contribution is -0.384. The second kappa shape index (κ2) is 6.37. The molecule has 0 aliphatic rings. The number of rotatable bonds is 6. The normalized spacial score (nSPS) is 10.8. The highest BCUT2D eigenvalue weighted by Gasteiger charge is 2.22. The molecule has 1 aromatic heterocycles. The fourth-order valence-electron chi connectivity index (χ4n) is 1.95. The van der Waals surface area contributed by atoms with Crippen molar-refractivity contribution >= 4 is 5.69 Å². The number of ether oxygens (including phenoxy) is 1. The molecule has 0 saturated carbocycles. The van der Waals surface area contributed by atoms with E-state index in [1.807, 2.05) is 0 Å². The number of nitrogens with two attached hydrogens (primary N) is 1. The zero-order valence-corrected chi connectivity index (χ0v) is 11.3. The molecule has 9 heteroatoms. The summed E-state index contributed by atoms with van der Waals surface area (Å²) < 4.78 is 19.8. The molecule has 0 fully saturated rings. The van der Waals surface area contributed by atoms with Gasteiger partial charge in [0.1, 0.15) is 11.6 Å². The third-order valence-electron chi connectivity index (χ3n) is 2.93. The van der Waals surface area contributed by atoms with E-state index in [1.165, 1.54) is 13.2 Å². The Morgan fingerprint density at radius 3 is 2.86 bits per heavy atom. The summed E-state index contributed by atoms with van der Waals surface area (Å²) in [7, 11) is 1.53. The van der Waals surface area contributed by atoms with Gasteiger partial charge in [-0.25, -0.2) is 4.39 Å². The number of methoxy groups -OCH3 is 1. The molecular weight excluding hydrogens is 281 g/mol. The van der Waals surface area contributed by atoms with Gasteiger partial charge in [-0.3, -0.25) is 10.1 Å². The maximum absolute atomic E-state index is 13.2. The first-order chi connectivity index (χ1) is 10.1. The first-order valence-corrected chi connectivity index (χ1v) is 6.14. The Kier molecular flexibility index (Phi) is 4.55. The number of hydrogen-bond donors (Lipinski definition) is 1. The van der Waals surface area contributed by atoms with Crippen LogP contribution in [0.4, 0.5) is 10.1 Å². The SMILES string of the molecule is COCCn1c(CN)nnc1-c1ccc(F)cc1[N+](=O)[O-]. The molecule has 1 heterocycles. The minimum absolute atomic E-state index is 0.131. The van der Waals surface area contributed by atoms with Crippen molar-refractivity contribution in [3.8, 4) is 11.4 Å². The van der Waals surface area contributed by atoms with Crippen molar-refractivity contribution in [2.75, 3.05) is 13.7 Å². The summed E-state index contributed by atoms with van der Waals surface area (Å²) >= 11 is 0. The Labute approximate surface area is 119 Å². The van der Waals surface area contributed by atoms with Crippen molar-refractivity contribution in [2.45, 2.75) is 13.1 Å². The summed E-state index contributed by atoms with van der Waals surface area (Å²) in [6.07, 6.45) is 0. The Hall–Kier alpha value is -2.39. The minimum Gasteiger partial charge on any atom is -0.383 e. The van der Waals surface area contributed by atoms with E-state index in [4.69, 9.17) is 10.5 Å². The molecule has 8 nitrogen and oxygen atoms in total. The lowest BCUT2D eigenvalue weighted by Gasteiger charge is -2.09. The van der Waals surface area contributed by atoms with Crippen LogP contribution in [0.3, 0.4) is 0 Å². The maximum Gasteiger partial charge on any atom is 0.283 e. The average Bonchev–Trinajstić information content (AvgIpc) is 2.87. The lowest BCUT2D eigenvalue weighted by Crippen LogP contribution is -2.13. The van der Waals surface area contributed by atoms with Gasteiger partial charge in [0.25, 0.3) is 5.69 Å². The minimum atomic E-state index is -0.688. The molecule has 112 valence electrons. The Morgan fingerprint density at radius 1 is 1.48 bits per heavy atom. The van der Waals surface area contributed by atoms with Crippen LogP contribution in [0.15, 0.2) is 18.2 Å². The summed E-state index contributed by atoms with van der Waals surface area (Å²) in [6.45, 7) is 0.888. The fourth-order valence-corrected chi connectivity index (χ4v) is 1.95. The molecule has 2 aromatic rings. The molecule has 0 saturated heterocycles. The molecule has 2 rings (SSSR count). The smallest absolute Gasteiger partial charge is 0.283 e. The molecule has 0 radical (unpaired) electrons. The van der Waals surface area contributed by atoms with Gasteiger partial charge < -0.3 is 15.0 Å². The van der Waals surface area contributed by atoms with E-state index in [1.54, 1.807) is 4.57 Å². The van der Waals surface area contributed by atoms with Gasteiger partial charge >= 0.3 is 0 Å². The molecule has 0 unspecified atom stereocenters. The van der Waals surface area contributed by atoms with Crippen molar-refractivity contribution in [1.29, 1.82) is 0 Å². The van der Waals surface area contributed by atoms with Crippen molar-refractivity contribution in [1.82, 2.24) is 14.8 Å². The highest BCUT2D eigenvalue weighted by Crippen LogP contribution is 2.29. The number of nitro benzene ring substituents is 1. The largest absolute Gasteiger partial charge is 0.383 e. The second-order valence-electron chi connectivity index (χ2n) is 4.21. The van der Waals surface area contributed by atoms with E-state index in [9.17, 15) is 14.5 Å². The van der Waals surface area contributed by atoms with Crippen LogP contribution in [0.5, 0.6) is 0 Å². The third-order valence-corrected chi connectivity index (χ3v) is 2.93. The summed E-state index contributed by atoms with van der Waals surface area (Å²) in [5.41, 5.74) is 5.39. The Balaban J connectivity index is 2.56. The molecule has 2 N–H and O–H groups in total. The molecular formula is C12H14FN5O3. The summed E-state index contributed by atoms with van der Waals surface area (Å²) in [4.78, 5) is 10.4. The number of hydrogen-bond acceptors (Lipinski definition) is 6. The molecule has 0 bridgehead atoms. The van der Waals surface area contributed by atoms with Gasteiger partial charge in [-0.05, 0) is 12.1 Å². The van der Waals surface area contributed by atoms with E-state index in [0.29, 0.717) is 19.0 Å². The molecule has 0 aliphatic heterocycles. The Morgan fingerprint density at radius 2 is 2.24 bits per heavy atom. The first kappa shape index (κ1) is 15.0. The van der Waals surface area contributed by atoms with Gasteiger partial charge in [-0.2, -0.15) is 0 Å². The number of aromatic nitrogens is 3. The van der Waals surface area contributed by atoms with Crippen LogP contribution < -0.4 is 5.73 Å². The van der Waals surface area contributed by atoms with Crippen molar-refractivity contribution in [3.05, 3.63) is 40.0 Å². The molecule has 21 heavy (non-hydrogen) atoms. The van der Waals surface area contributed by atoms with Gasteiger partial charge in [-0.15, -0.1) is 10.2 Å². The van der Waals surface area contributed by atoms with E-state index < -0.39 is 10.7 Å². The summed E-state index contributed by atoms with van der Waals surface area (Å²) in [6, 6.07) is 3.30. The number of halogens is 1. The predicted octanol–water partition coefficient (Wildman–Crippen LogP) is 1.10. The topological polar surface area (TPSA) is 109 Å². The number of nitro groups is 1. The molecule has 0 amide bonds. The van der Waals surface area contributed by atoms with Gasteiger partial charge in [0.15, 0.2) is 5.82 Å². The van der Waals surface area contributed by atoms with Gasteiger partial charge in [0, 0.05) is 13.7 Å². The van der Waals surface area contributed by atoms with Gasteiger partial charge in [0.05, 0.1) is 29.7 Å².